The van der Waals surface area contributed by atoms with Crippen LogP contribution in [0.15, 0.2) is 22.0 Å². The molecule has 0 bridgehead atoms. The molecule has 2 aliphatic rings. The van der Waals surface area contributed by atoms with Crippen molar-refractivity contribution >= 4 is 40.1 Å². The second kappa shape index (κ2) is 7.79. The van der Waals surface area contributed by atoms with Crippen molar-refractivity contribution < 1.29 is 18.7 Å². The van der Waals surface area contributed by atoms with E-state index in [2.05, 4.69) is 4.90 Å². The van der Waals surface area contributed by atoms with Crippen LogP contribution in [0.25, 0.3) is 10.9 Å². The summed E-state index contributed by atoms with van der Waals surface area (Å²) in [6.45, 7) is 6.37. The maximum Gasteiger partial charge on any atom is 0.344 e. The first-order chi connectivity index (χ1) is 13.9. The van der Waals surface area contributed by atoms with Gasteiger partial charge in [0.1, 0.15) is 17.2 Å². The highest BCUT2D eigenvalue weighted by Crippen LogP contribution is 2.38. The van der Waals surface area contributed by atoms with E-state index < -0.39 is 17.2 Å². The Balaban J connectivity index is 1.71. The summed E-state index contributed by atoms with van der Waals surface area (Å²) in [5.74, 6) is -0.446. The van der Waals surface area contributed by atoms with Crippen LogP contribution in [0.4, 0.5) is 10.1 Å². The van der Waals surface area contributed by atoms with Gasteiger partial charge in [-0.1, -0.05) is 11.8 Å². The molecule has 0 unspecified atom stereocenters. The molecule has 1 aromatic carbocycles. The molecule has 2 aromatic rings. The van der Waals surface area contributed by atoms with Gasteiger partial charge in [-0.05, 0) is 26.0 Å². The summed E-state index contributed by atoms with van der Waals surface area (Å²) in [7, 11) is 0. The lowest BCUT2D eigenvalue weighted by Gasteiger charge is -2.36. The number of Topliss-reactive ketones (excluding diaryl/α,β-unsaturated/α-hetero) is 1. The minimum Gasteiger partial charge on any atom is -0.462 e. The molecule has 7 nitrogen and oxygen atoms in total. The molecule has 4 rings (SSSR count). The van der Waals surface area contributed by atoms with Crippen molar-refractivity contribution in [3.05, 3.63) is 33.7 Å². The number of carbonyl (C=O) groups is 2. The predicted octanol–water partition coefficient (Wildman–Crippen LogP) is 2.09. The Morgan fingerprint density at radius 3 is 2.52 bits per heavy atom. The average molecular weight is 419 g/mol. The molecule has 1 saturated heterocycles. The topological polar surface area (TPSA) is 71.8 Å². The van der Waals surface area contributed by atoms with Crippen molar-refractivity contribution in [3.63, 3.8) is 0 Å². The lowest BCUT2D eigenvalue weighted by atomic mass is 10.1. The van der Waals surface area contributed by atoms with Gasteiger partial charge in [0.15, 0.2) is 0 Å². The molecule has 2 aliphatic heterocycles. The van der Waals surface area contributed by atoms with Gasteiger partial charge in [0.25, 0.3) is 0 Å². The Bertz CT molecular complexity index is 1060. The first-order valence-corrected chi connectivity index (χ1v) is 10.6. The van der Waals surface area contributed by atoms with Gasteiger partial charge in [-0.15, -0.1) is 0 Å². The number of carbonyl (C=O) groups excluding carboxylic acids is 2. The van der Waals surface area contributed by atoms with E-state index in [4.69, 9.17) is 4.74 Å². The van der Waals surface area contributed by atoms with Crippen LogP contribution < -0.4 is 10.3 Å². The van der Waals surface area contributed by atoms with Crippen LogP contribution in [0.1, 0.15) is 24.2 Å². The third-order valence-electron chi connectivity index (χ3n) is 5.26. The van der Waals surface area contributed by atoms with Crippen molar-refractivity contribution in [2.24, 2.45) is 0 Å². The Morgan fingerprint density at radius 1 is 1.21 bits per heavy atom. The third kappa shape index (κ3) is 3.53. The number of benzene rings is 1. The summed E-state index contributed by atoms with van der Waals surface area (Å²) in [6.07, 6.45) is 0. The van der Waals surface area contributed by atoms with Gasteiger partial charge in [0.05, 0.1) is 35.3 Å². The summed E-state index contributed by atoms with van der Waals surface area (Å²) >= 11 is 1.41. The lowest BCUT2D eigenvalue weighted by Crippen LogP contribution is -2.48. The molecule has 0 atom stereocenters. The first-order valence-electron chi connectivity index (χ1n) is 9.57. The zero-order valence-electron chi connectivity index (χ0n) is 16.4. The van der Waals surface area contributed by atoms with Crippen molar-refractivity contribution in [3.8, 4) is 0 Å². The number of aromatic nitrogens is 1. The number of thioether (sulfide) groups is 1. The highest BCUT2D eigenvalue weighted by atomic mass is 32.2. The van der Waals surface area contributed by atoms with E-state index in [1.807, 2.05) is 9.47 Å². The smallest absolute Gasteiger partial charge is 0.344 e. The van der Waals surface area contributed by atoms with E-state index in [1.165, 1.54) is 17.8 Å². The number of rotatable bonds is 5. The molecule has 29 heavy (non-hydrogen) atoms. The van der Waals surface area contributed by atoms with Crippen LogP contribution in [-0.2, 0) is 15.4 Å². The molecule has 0 radical (unpaired) electrons. The fourth-order valence-electron chi connectivity index (χ4n) is 3.85. The molecular formula is C20H22FN3O4S. The molecule has 0 N–H and O–H groups in total. The number of fused-ring (bicyclic) bond motifs is 3. The van der Waals surface area contributed by atoms with Gasteiger partial charge in [0, 0.05) is 31.6 Å². The number of hydrogen-bond acceptors (Lipinski definition) is 7. The van der Waals surface area contributed by atoms with Crippen LogP contribution >= 0.6 is 11.8 Å². The number of ketones is 1. The van der Waals surface area contributed by atoms with Crippen LogP contribution in [0, 0.1) is 5.82 Å². The highest BCUT2D eigenvalue weighted by molar-refractivity contribution is 7.99. The Morgan fingerprint density at radius 2 is 1.93 bits per heavy atom. The van der Waals surface area contributed by atoms with E-state index in [0.717, 1.165) is 0 Å². The summed E-state index contributed by atoms with van der Waals surface area (Å²) < 4.78 is 21.8. The number of esters is 1. The largest absolute Gasteiger partial charge is 0.462 e. The second-order valence-electron chi connectivity index (χ2n) is 7.22. The standard InChI is InChI=1S/C20H22FN3O4S/c1-3-28-20(27)17-18(26)13-8-14(21)16(9-15(13)24-11-29-19(17)24)23-6-4-22(5-7-23)10-12(2)25/h8-9H,3-7,10-11H2,1-2H3. The molecule has 1 fully saturated rings. The van der Waals surface area contributed by atoms with Gasteiger partial charge in [-0.3, -0.25) is 14.5 Å². The molecule has 154 valence electrons. The molecule has 0 amide bonds. The van der Waals surface area contributed by atoms with E-state index in [0.29, 0.717) is 54.8 Å². The monoisotopic (exact) mass is 419 g/mol. The zero-order chi connectivity index (χ0) is 20.7. The summed E-state index contributed by atoms with van der Waals surface area (Å²) in [5, 5.41) is 0.762. The van der Waals surface area contributed by atoms with Crippen LogP contribution in [0.5, 0.6) is 0 Å². The Labute approximate surface area is 171 Å². The van der Waals surface area contributed by atoms with Crippen LogP contribution in [-0.4, -0.2) is 60.6 Å². The predicted molar refractivity (Wildman–Crippen MR) is 109 cm³/mol. The maximum absolute atomic E-state index is 14.9. The van der Waals surface area contributed by atoms with Crippen molar-refractivity contribution in [2.45, 2.75) is 24.8 Å². The van der Waals surface area contributed by atoms with Crippen LogP contribution in [0.3, 0.4) is 0 Å². The SMILES string of the molecule is CCOC(=O)c1c2n(c3cc(N4CCN(CC(C)=O)CC4)c(F)cc3c1=O)CS2. The summed E-state index contributed by atoms with van der Waals surface area (Å²) in [6, 6.07) is 2.93. The fraction of sp³-hybridized carbons (Fsp3) is 0.450. The van der Waals surface area contributed by atoms with Crippen molar-refractivity contribution in [1.82, 2.24) is 9.47 Å². The van der Waals surface area contributed by atoms with E-state index in [1.54, 1.807) is 19.9 Å². The van der Waals surface area contributed by atoms with E-state index >= 15 is 0 Å². The minimum atomic E-state index is -0.665. The average Bonchev–Trinajstić information content (AvgIpc) is 2.65. The first kappa shape index (κ1) is 19.9. The molecule has 0 saturated carbocycles. The maximum atomic E-state index is 14.9. The number of nitrogens with zero attached hydrogens (tertiary/aromatic N) is 3. The molecule has 0 aliphatic carbocycles. The van der Waals surface area contributed by atoms with Gasteiger partial charge >= 0.3 is 5.97 Å². The number of piperazine rings is 1. The second-order valence-corrected chi connectivity index (χ2v) is 8.15. The number of hydrogen-bond donors (Lipinski definition) is 0. The molecule has 3 heterocycles. The van der Waals surface area contributed by atoms with Gasteiger partial charge in [-0.2, -0.15) is 0 Å². The minimum absolute atomic E-state index is 0.0133. The quantitative estimate of drug-likeness (QED) is 0.687. The Kier molecular flexibility index (Phi) is 5.35. The summed E-state index contributed by atoms with van der Waals surface area (Å²) in [5.41, 5.74) is 0.559. The Hall–Kier alpha value is -2.39. The molecule has 0 spiro atoms. The van der Waals surface area contributed by atoms with Gasteiger partial charge in [0.2, 0.25) is 5.43 Å². The van der Waals surface area contributed by atoms with Gasteiger partial charge in [-0.25, -0.2) is 9.18 Å². The zero-order valence-corrected chi connectivity index (χ0v) is 17.2. The fourth-order valence-corrected chi connectivity index (χ4v) is 4.80. The summed E-state index contributed by atoms with van der Waals surface area (Å²) in [4.78, 5) is 40.4. The lowest BCUT2D eigenvalue weighted by molar-refractivity contribution is -0.118. The normalized spacial score (nSPS) is 16.4. The third-order valence-corrected chi connectivity index (χ3v) is 6.34. The number of halogens is 1. The van der Waals surface area contributed by atoms with Gasteiger partial charge < -0.3 is 14.2 Å². The van der Waals surface area contributed by atoms with E-state index in [-0.39, 0.29) is 23.3 Å². The molecule has 1 aromatic heterocycles. The van der Waals surface area contributed by atoms with E-state index in [9.17, 15) is 18.8 Å². The van der Waals surface area contributed by atoms with Crippen molar-refractivity contribution in [2.75, 3.05) is 44.2 Å². The van der Waals surface area contributed by atoms with Crippen LogP contribution in [0.2, 0.25) is 0 Å². The van der Waals surface area contributed by atoms with Crippen molar-refractivity contribution in [1.29, 1.82) is 0 Å². The molecule has 9 heteroatoms. The highest BCUT2D eigenvalue weighted by Gasteiger charge is 2.30. The number of ether oxygens (including phenoxy) is 1. The number of pyridine rings is 1. The molecular weight excluding hydrogens is 397 g/mol. The number of anilines is 1.